The smallest absolute Gasteiger partial charge is 0.422 e. The van der Waals surface area contributed by atoms with E-state index < -0.39 is 23.9 Å². The minimum atomic E-state index is -1.05. The maximum atomic E-state index is 13.4. The second kappa shape index (κ2) is 13.7. The zero-order valence-electron chi connectivity index (χ0n) is 22.5. The molecule has 3 amide bonds. The number of hydrazine groups is 1. The fourth-order valence-electron chi connectivity index (χ4n) is 5.74. The van der Waals surface area contributed by atoms with Gasteiger partial charge in [-0.15, -0.1) is 0 Å². The molecule has 0 aromatic heterocycles. The lowest BCUT2D eigenvalue weighted by molar-refractivity contribution is -0.131. The first-order valence-electron chi connectivity index (χ1n) is 13.8. The molecule has 216 valence electrons. The highest BCUT2D eigenvalue weighted by molar-refractivity contribution is 5.89. The lowest BCUT2D eigenvalue weighted by Crippen LogP contribution is -2.55. The van der Waals surface area contributed by atoms with Crippen molar-refractivity contribution in [3.05, 3.63) is 71.0 Å². The molecule has 2 fully saturated rings. The van der Waals surface area contributed by atoms with Crippen LogP contribution >= 0.6 is 0 Å². The third-order valence-corrected chi connectivity index (χ3v) is 7.94. The molecule has 4 rings (SSSR count). The van der Waals surface area contributed by atoms with Crippen LogP contribution in [0.3, 0.4) is 0 Å². The Morgan fingerprint density at radius 2 is 1.65 bits per heavy atom. The van der Waals surface area contributed by atoms with Gasteiger partial charge in [0, 0.05) is 38.6 Å². The number of nitrogens with one attached hydrogen (secondary N) is 1. The second-order valence-corrected chi connectivity index (χ2v) is 10.5. The number of benzene rings is 2. The average Bonchev–Trinajstić information content (AvgIpc) is 2.96. The van der Waals surface area contributed by atoms with Gasteiger partial charge in [-0.25, -0.2) is 19.2 Å². The maximum absolute atomic E-state index is 13.4. The van der Waals surface area contributed by atoms with Crippen LogP contribution in [0, 0.1) is 11.7 Å². The maximum Gasteiger partial charge on any atom is 0.422 e. The normalized spacial score (nSPS) is 20.9. The number of nitrogens with zero attached hydrogens (tertiary/aromatic N) is 3. The molecule has 11 heteroatoms. The number of carboxylic acid groups (broad SMARTS) is 1. The van der Waals surface area contributed by atoms with Crippen LogP contribution in [0.25, 0.3) is 0 Å². The fraction of sp³-hybridized carbons (Fsp3) is 0.483. The van der Waals surface area contributed by atoms with E-state index in [1.165, 1.54) is 29.3 Å². The van der Waals surface area contributed by atoms with Crippen molar-refractivity contribution in [1.82, 2.24) is 20.2 Å². The van der Waals surface area contributed by atoms with Gasteiger partial charge in [0.2, 0.25) is 11.8 Å². The second-order valence-electron chi connectivity index (χ2n) is 10.5. The summed E-state index contributed by atoms with van der Waals surface area (Å²) in [7, 11) is 0. The topological polar surface area (TPSA) is 139 Å². The minimum Gasteiger partial charge on any atom is -0.464 e. The number of hydrogen-bond donors (Lipinski definition) is 4. The van der Waals surface area contributed by atoms with E-state index in [4.69, 9.17) is 10.8 Å². The molecular formula is C29H38FN5O5. The van der Waals surface area contributed by atoms with Gasteiger partial charge in [-0.1, -0.05) is 49.2 Å². The van der Waals surface area contributed by atoms with E-state index >= 15 is 0 Å². The minimum absolute atomic E-state index is 0.0558. The molecule has 2 aliphatic rings. The molecule has 1 heterocycles. The van der Waals surface area contributed by atoms with E-state index in [-0.39, 0.29) is 30.9 Å². The van der Waals surface area contributed by atoms with Crippen molar-refractivity contribution >= 4 is 17.9 Å². The molecule has 1 aliphatic carbocycles. The van der Waals surface area contributed by atoms with Gasteiger partial charge < -0.3 is 21.3 Å². The van der Waals surface area contributed by atoms with E-state index in [0.717, 1.165) is 30.4 Å². The Labute approximate surface area is 233 Å². The number of carbonyl (C=O) groups excluding carboxylic acids is 2. The number of amides is 3. The van der Waals surface area contributed by atoms with Crippen LogP contribution in [0.1, 0.15) is 54.3 Å². The van der Waals surface area contributed by atoms with Crippen molar-refractivity contribution in [3.63, 3.8) is 0 Å². The van der Waals surface area contributed by atoms with E-state index in [1.54, 1.807) is 0 Å². The third-order valence-electron chi connectivity index (χ3n) is 7.94. The van der Waals surface area contributed by atoms with Gasteiger partial charge in [0.15, 0.2) is 0 Å². The summed E-state index contributed by atoms with van der Waals surface area (Å²) in [5.74, 6) is -1.83. The van der Waals surface area contributed by atoms with E-state index in [2.05, 4.69) is 10.2 Å². The number of carbonyl (C=O) groups is 3. The molecule has 5 N–H and O–H groups in total. The predicted molar refractivity (Wildman–Crippen MR) is 146 cm³/mol. The summed E-state index contributed by atoms with van der Waals surface area (Å²) in [6.07, 6.45) is 2.33. The van der Waals surface area contributed by atoms with Crippen LogP contribution in [-0.4, -0.2) is 82.4 Å². The lowest BCUT2D eigenvalue weighted by atomic mass is 9.74. The van der Waals surface area contributed by atoms with Gasteiger partial charge in [-0.2, -0.15) is 0 Å². The van der Waals surface area contributed by atoms with Gasteiger partial charge in [-0.05, 0) is 47.6 Å². The highest BCUT2D eigenvalue weighted by atomic mass is 19.1. The highest BCUT2D eigenvalue weighted by Crippen LogP contribution is 2.38. The van der Waals surface area contributed by atoms with Crippen LogP contribution in [0.2, 0.25) is 0 Å². The molecule has 1 saturated carbocycles. The van der Waals surface area contributed by atoms with Crippen LogP contribution in [0.4, 0.5) is 9.18 Å². The summed E-state index contributed by atoms with van der Waals surface area (Å²) >= 11 is 0. The first-order chi connectivity index (χ1) is 19.3. The van der Waals surface area contributed by atoms with Crippen molar-refractivity contribution in [2.75, 3.05) is 39.3 Å². The summed E-state index contributed by atoms with van der Waals surface area (Å²) in [5.41, 5.74) is 7.83. The zero-order chi connectivity index (χ0) is 28.6. The van der Waals surface area contributed by atoms with Crippen LogP contribution in [0.15, 0.2) is 48.5 Å². The lowest BCUT2D eigenvalue weighted by Gasteiger charge is -2.39. The third kappa shape index (κ3) is 7.35. The number of aliphatic hydroxyl groups is 1. The molecule has 3 atom stereocenters. The Hall–Kier alpha value is -3.54. The van der Waals surface area contributed by atoms with E-state index in [0.29, 0.717) is 44.7 Å². The zero-order valence-corrected chi connectivity index (χ0v) is 22.5. The molecule has 0 radical (unpaired) electrons. The van der Waals surface area contributed by atoms with Gasteiger partial charge in [0.25, 0.3) is 0 Å². The van der Waals surface area contributed by atoms with Crippen LogP contribution in [0.5, 0.6) is 0 Å². The molecule has 0 spiro atoms. The monoisotopic (exact) mass is 555 g/mol. The van der Waals surface area contributed by atoms with E-state index in [9.17, 15) is 23.9 Å². The molecule has 10 nitrogen and oxygen atoms in total. The number of aliphatic hydroxyl groups excluding tert-OH is 1. The van der Waals surface area contributed by atoms with E-state index in [1.807, 2.05) is 29.3 Å². The van der Waals surface area contributed by atoms with Gasteiger partial charge >= 0.3 is 6.09 Å². The summed E-state index contributed by atoms with van der Waals surface area (Å²) in [4.78, 5) is 39.7. The summed E-state index contributed by atoms with van der Waals surface area (Å²) < 4.78 is 13.4. The van der Waals surface area contributed by atoms with Crippen molar-refractivity contribution in [1.29, 1.82) is 0 Å². The Kier molecular flexibility index (Phi) is 10.1. The van der Waals surface area contributed by atoms with Crippen LogP contribution < -0.4 is 11.1 Å². The summed E-state index contributed by atoms with van der Waals surface area (Å²) in [6.45, 7) is 3.37. The average molecular weight is 556 g/mol. The number of primary amides is 1. The Morgan fingerprint density at radius 1 is 1.00 bits per heavy atom. The predicted octanol–water partition coefficient (Wildman–Crippen LogP) is 2.45. The van der Waals surface area contributed by atoms with Gasteiger partial charge in [-0.3, -0.25) is 14.5 Å². The first kappa shape index (κ1) is 29.4. The molecule has 0 bridgehead atoms. The highest BCUT2D eigenvalue weighted by Gasteiger charge is 2.34. The van der Waals surface area contributed by atoms with Crippen molar-refractivity contribution in [2.45, 2.75) is 44.2 Å². The largest absolute Gasteiger partial charge is 0.464 e. The quantitative estimate of drug-likeness (QED) is 0.353. The number of hydrogen-bond acceptors (Lipinski definition) is 6. The molecule has 0 unspecified atom stereocenters. The number of nitrogens with two attached hydrogens (primary N) is 1. The molecule has 1 aliphatic heterocycles. The van der Waals surface area contributed by atoms with Crippen molar-refractivity contribution in [2.24, 2.45) is 11.7 Å². The summed E-state index contributed by atoms with van der Waals surface area (Å²) in [5, 5.41) is 24.9. The Morgan fingerprint density at radius 3 is 2.25 bits per heavy atom. The Bertz CT molecular complexity index is 1150. The number of halogens is 1. The molecule has 2 aromatic carbocycles. The first-order valence-corrected chi connectivity index (χ1v) is 13.8. The number of piperazine rings is 1. The Balaban J connectivity index is 1.42. The molecule has 40 heavy (non-hydrogen) atoms. The van der Waals surface area contributed by atoms with Gasteiger partial charge in [0.05, 0.1) is 13.2 Å². The standard InChI is InChI=1S/C29H38FN5O5/c30-23-11-9-22(10-12-23)26(27(31)37)32-28(38)25-4-2-1-3-24(25)21-7-5-20(6-8-21)19-35(29(39)40)34-15-13-33(14-16-34)17-18-36/h5-12,24-26,36H,1-4,13-19H2,(H2,31,37)(H,32,38)(H,39,40)/t24-,25+,26-/m0/s1. The summed E-state index contributed by atoms with van der Waals surface area (Å²) in [6, 6.07) is 12.0. The van der Waals surface area contributed by atoms with Crippen LogP contribution in [-0.2, 0) is 16.1 Å². The van der Waals surface area contributed by atoms with Crippen molar-refractivity contribution < 1.29 is 29.0 Å². The molecule has 2 aromatic rings. The molecular weight excluding hydrogens is 517 g/mol. The number of β-amino-alcohol motifs (C(OH)–C–C–N with tert-alkyl or cyclic N) is 1. The molecule has 1 saturated heterocycles. The SMILES string of the molecule is NC(=O)[C@@H](NC(=O)[C@@H]1CCCC[C@H]1c1ccc(CN(C(=O)O)N2CCN(CCO)CC2)cc1)c1ccc(F)cc1. The fourth-order valence-corrected chi connectivity index (χ4v) is 5.74. The van der Waals surface area contributed by atoms with Gasteiger partial charge in [0.1, 0.15) is 11.9 Å². The number of rotatable bonds is 10. The van der Waals surface area contributed by atoms with Crippen molar-refractivity contribution in [3.8, 4) is 0 Å².